The largest absolute Gasteiger partial charge is 0.372 e. The number of benzene rings is 2. The van der Waals surface area contributed by atoms with Gasteiger partial charge in [0.25, 0.3) is 5.91 Å². The van der Waals surface area contributed by atoms with Crippen LogP contribution in [0.3, 0.4) is 0 Å². The zero-order valence-electron chi connectivity index (χ0n) is 22.6. The Morgan fingerprint density at radius 3 is 2.33 bits per heavy atom. The van der Waals surface area contributed by atoms with E-state index in [1.54, 1.807) is 29.3 Å². The van der Waals surface area contributed by atoms with E-state index < -0.39 is 5.54 Å². The molecule has 1 aromatic heterocycles. The first kappa shape index (κ1) is 26.4. The molecular weight excluding hydrogens is 526 g/mol. The van der Waals surface area contributed by atoms with E-state index in [1.807, 2.05) is 13.0 Å². The van der Waals surface area contributed by atoms with Crippen molar-refractivity contribution in [2.24, 2.45) is 0 Å². The standard InChI is InChI=1S/C30H32ClN7O2/c1-2-36-29(40)38(27-10-9-25(17-26(27)31)37-21-23(18-32)19-33-37)28(39)30(36)11-15-34(16-12-30)20-22-5-7-24(8-6-22)35-13-3-4-14-35/h5-10,17,19,21H,2-4,11-16,20H2,1H3. The molecule has 0 atom stereocenters. The average molecular weight is 558 g/mol. The van der Waals surface area contributed by atoms with Crippen molar-refractivity contribution in [3.05, 3.63) is 71.0 Å². The molecule has 0 bridgehead atoms. The number of imide groups is 1. The minimum atomic E-state index is -0.867. The van der Waals surface area contributed by atoms with Crippen LogP contribution in [-0.4, -0.2) is 69.8 Å². The number of anilines is 2. The zero-order chi connectivity index (χ0) is 27.9. The summed E-state index contributed by atoms with van der Waals surface area (Å²) in [6, 6.07) is 15.6. The van der Waals surface area contributed by atoms with Gasteiger partial charge in [0.2, 0.25) is 0 Å². The van der Waals surface area contributed by atoms with Gasteiger partial charge in [-0.25, -0.2) is 14.4 Å². The summed E-state index contributed by atoms with van der Waals surface area (Å²) < 4.78 is 1.54. The Morgan fingerprint density at radius 1 is 1.00 bits per heavy atom. The first-order valence-corrected chi connectivity index (χ1v) is 14.3. The highest BCUT2D eigenvalue weighted by Crippen LogP contribution is 2.41. The fourth-order valence-electron chi connectivity index (χ4n) is 6.32. The number of likely N-dealkylation sites (N-methyl/N-ethyl adjacent to an activating group) is 1. The molecule has 3 saturated heterocycles. The molecule has 3 aliphatic rings. The lowest BCUT2D eigenvalue weighted by Crippen LogP contribution is -2.56. The number of rotatable bonds is 6. The number of urea groups is 1. The summed E-state index contributed by atoms with van der Waals surface area (Å²) in [6.07, 6.45) is 6.74. The highest BCUT2D eigenvalue weighted by molar-refractivity contribution is 6.36. The summed E-state index contributed by atoms with van der Waals surface area (Å²) in [5, 5.41) is 13.5. The van der Waals surface area contributed by atoms with Gasteiger partial charge in [0, 0.05) is 51.2 Å². The van der Waals surface area contributed by atoms with Gasteiger partial charge < -0.3 is 9.80 Å². The fourth-order valence-corrected chi connectivity index (χ4v) is 6.58. The molecule has 9 nitrogen and oxygen atoms in total. The Morgan fingerprint density at radius 2 is 1.70 bits per heavy atom. The van der Waals surface area contributed by atoms with Gasteiger partial charge >= 0.3 is 6.03 Å². The van der Waals surface area contributed by atoms with E-state index in [-0.39, 0.29) is 17.0 Å². The minimum Gasteiger partial charge on any atom is -0.372 e. The normalized spacial score (nSPS) is 19.2. The van der Waals surface area contributed by atoms with E-state index in [2.05, 4.69) is 39.2 Å². The number of hydrogen-bond donors (Lipinski definition) is 0. The summed E-state index contributed by atoms with van der Waals surface area (Å²) in [5.41, 5.74) is 3.11. The van der Waals surface area contributed by atoms with Crippen molar-refractivity contribution in [3.63, 3.8) is 0 Å². The summed E-state index contributed by atoms with van der Waals surface area (Å²) in [6.45, 7) is 6.90. The third-order valence-corrected chi connectivity index (χ3v) is 8.80. The predicted octanol–water partition coefficient (Wildman–Crippen LogP) is 4.82. The molecule has 3 fully saturated rings. The number of carbonyl (C=O) groups excluding carboxylic acids is 2. The van der Waals surface area contributed by atoms with Crippen LogP contribution >= 0.6 is 11.6 Å². The third kappa shape index (κ3) is 4.51. The third-order valence-electron chi connectivity index (χ3n) is 8.50. The molecule has 2 aromatic carbocycles. The lowest BCUT2D eigenvalue weighted by molar-refractivity contribution is -0.127. The maximum atomic E-state index is 14.0. The van der Waals surface area contributed by atoms with Crippen LogP contribution in [0, 0.1) is 11.3 Å². The molecule has 6 rings (SSSR count). The summed E-state index contributed by atoms with van der Waals surface area (Å²) in [5.74, 6) is -0.213. The zero-order valence-corrected chi connectivity index (χ0v) is 23.3. The van der Waals surface area contributed by atoms with Crippen molar-refractivity contribution >= 4 is 34.9 Å². The molecule has 0 saturated carbocycles. The van der Waals surface area contributed by atoms with Gasteiger partial charge in [-0.05, 0) is 68.5 Å². The van der Waals surface area contributed by atoms with Crippen LogP contribution in [-0.2, 0) is 11.3 Å². The maximum Gasteiger partial charge on any atom is 0.332 e. The second kappa shape index (κ2) is 10.6. The molecular formula is C30H32ClN7O2. The number of carbonyl (C=O) groups is 2. The van der Waals surface area contributed by atoms with E-state index in [9.17, 15) is 9.59 Å². The maximum absolute atomic E-state index is 14.0. The Labute approximate surface area is 239 Å². The van der Waals surface area contributed by atoms with Gasteiger partial charge in [-0.1, -0.05) is 23.7 Å². The Hall–Kier alpha value is -3.87. The first-order chi connectivity index (χ1) is 19.4. The van der Waals surface area contributed by atoms with Gasteiger partial charge in [-0.2, -0.15) is 10.4 Å². The van der Waals surface area contributed by atoms with Crippen LogP contribution in [0.15, 0.2) is 54.9 Å². The van der Waals surface area contributed by atoms with Crippen molar-refractivity contribution in [2.45, 2.75) is 44.7 Å². The summed E-state index contributed by atoms with van der Waals surface area (Å²) >= 11 is 6.63. The van der Waals surface area contributed by atoms with Gasteiger partial charge in [-0.3, -0.25) is 9.69 Å². The molecule has 40 heavy (non-hydrogen) atoms. The number of likely N-dealkylation sites (tertiary alicyclic amines) is 1. The number of hydrogen-bond acceptors (Lipinski definition) is 6. The van der Waals surface area contributed by atoms with Gasteiger partial charge in [0.05, 0.1) is 28.2 Å². The number of nitriles is 1. The number of aromatic nitrogens is 2. The van der Waals surface area contributed by atoms with Crippen LogP contribution in [0.5, 0.6) is 0 Å². The number of nitrogens with zero attached hydrogens (tertiary/aromatic N) is 7. The number of amides is 3. The predicted molar refractivity (Wildman–Crippen MR) is 154 cm³/mol. The molecule has 0 aliphatic carbocycles. The van der Waals surface area contributed by atoms with Crippen molar-refractivity contribution in [2.75, 3.05) is 42.5 Å². The van der Waals surface area contributed by atoms with Gasteiger partial charge in [0.1, 0.15) is 11.6 Å². The molecule has 1 spiro atoms. The molecule has 3 aromatic rings. The van der Waals surface area contributed by atoms with Crippen LogP contribution in [0.25, 0.3) is 5.69 Å². The monoisotopic (exact) mass is 557 g/mol. The molecule has 3 amide bonds. The number of piperidine rings is 1. The number of halogens is 1. The smallest absolute Gasteiger partial charge is 0.332 e. The summed E-state index contributed by atoms with van der Waals surface area (Å²) in [4.78, 5) is 35.3. The van der Waals surface area contributed by atoms with Crippen molar-refractivity contribution in [3.8, 4) is 11.8 Å². The Bertz CT molecular complexity index is 1460. The van der Waals surface area contributed by atoms with Crippen molar-refractivity contribution in [1.82, 2.24) is 19.6 Å². The second-order valence-corrected chi connectivity index (χ2v) is 11.2. The van der Waals surface area contributed by atoms with Crippen LogP contribution in [0.2, 0.25) is 5.02 Å². The topological polar surface area (TPSA) is 88.7 Å². The first-order valence-electron chi connectivity index (χ1n) is 13.9. The van der Waals surface area contributed by atoms with Crippen LogP contribution in [0.4, 0.5) is 16.2 Å². The van der Waals surface area contributed by atoms with Crippen molar-refractivity contribution in [1.29, 1.82) is 5.26 Å². The Balaban J connectivity index is 1.16. The SMILES string of the molecule is CCN1C(=O)N(c2ccc(-n3cc(C#N)cn3)cc2Cl)C(=O)C12CCN(Cc1ccc(N3CCCC3)cc1)CC2. The molecule has 206 valence electrons. The lowest BCUT2D eigenvalue weighted by Gasteiger charge is -2.41. The minimum absolute atomic E-state index is 0.213. The molecule has 0 radical (unpaired) electrons. The Kier molecular flexibility index (Phi) is 6.99. The average Bonchev–Trinajstić information content (AvgIpc) is 3.72. The summed E-state index contributed by atoms with van der Waals surface area (Å²) in [7, 11) is 0. The van der Waals surface area contributed by atoms with E-state index in [1.165, 1.54) is 39.9 Å². The van der Waals surface area contributed by atoms with Crippen LogP contribution < -0.4 is 9.80 Å². The molecule has 3 aliphatic heterocycles. The highest BCUT2D eigenvalue weighted by Gasteiger charge is 2.58. The van der Waals surface area contributed by atoms with Crippen molar-refractivity contribution < 1.29 is 9.59 Å². The molecule has 4 heterocycles. The molecule has 0 unspecified atom stereocenters. The second-order valence-electron chi connectivity index (χ2n) is 10.8. The quantitative estimate of drug-likeness (QED) is 0.404. The van der Waals surface area contributed by atoms with E-state index in [0.29, 0.717) is 36.3 Å². The fraction of sp³-hybridized carbons (Fsp3) is 0.400. The molecule has 10 heteroatoms. The van der Waals surface area contributed by atoms with E-state index in [4.69, 9.17) is 16.9 Å². The van der Waals surface area contributed by atoms with Gasteiger partial charge in [0.15, 0.2) is 0 Å². The van der Waals surface area contributed by atoms with E-state index in [0.717, 1.165) is 32.7 Å². The van der Waals surface area contributed by atoms with Gasteiger partial charge in [-0.15, -0.1) is 0 Å². The highest BCUT2D eigenvalue weighted by atomic mass is 35.5. The lowest BCUT2D eigenvalue weighted by atomic mass is 9.85. The van der Waals surface area contributed by atoms with E-state index >= 15 is 0 Å². The molecule has 0 N–H and O–H groups in total. The van der Waals surface area contributed by atoms with Crippen LogP contribution in [0.1, 0.15) is 43.7 Å².